The summed E-state index contributed by atoms with van der Waals surface area (Å²) in [5.74, 6) is -0.308. The Hall–Kier alpha value is -1.97. The van der Waals surface area contributed by atoms with E-state index in [2.05, 4.69) is 6.58 Å². The van der Waals surface area contributed by atoms with Gasteiger partial charge in [-0.3, -0.25) is 0 Å². The molecule has 1 aromatic carbocycles. The highest BCUT2D eigenvalue weighted by Crippen LogP contribution is 2.31. The third kappa shape index (κ3) is 3.52. The molecule has 0 saturated heterocycles. The number of para-hydroxylation sites is 1. The maximum Gasteiger partial charge on any atom is 0.339 e. The van der Waals surface area contributed by atoms with Crippen LogP contribution in [0.2, 0.25) is 0 Å². The van der Waals surface area contributed by atoms with Gasteiger partial charge in [-0.15, -0.1) is 6.58 Å². The highest BCUT2D eigenvalue weighted by molar-refractivity contribution is 5.92. The van der Waals surface area contributed by atoms with Crippen molar-refractivity contribution in [2.75, 3.05) is 13.7 Å². The molecule has 1 aromatic rings. The molecule has 0 amide bonds. The Morgan fingerprint density at radius 2 is 2.29 bits per heavy atom. The number of carbonyl (C=O) groups is 1. The van der Waals surface area contributed by atoms with Crippen molar-refractivity contribution in [3.8, 4) is 11.5 Å². The van der Waals surface area contributed by atoms with Crippen LogP contribution in [0.15, 0.2) is 30.9 Å². The maximum atomic E-state index is 11.0. The first-order valence-electron chi connectivity index (χ1n) is 5.34. The summed E-state index contributed by atoms with van der Waals surface area (Å²) in [5, 5.41) is 9.04. The van der Waals surface area contributed by atoms with Crippen LogP contribution >= 0.6 is 0 Å². The van der Waals surface area contributed by atoms with Gasteiger partial charge in [0, 0.05) is 0 Å². The smallest absolute Gasteiger partial charge is 0.339 e. The number of unbranched alkanes of at least 4 members (excludes halogenated alkanes) is 1. The molecule has 0 aliphatic carbocycles. The van der Waals surface area contributed by atoms with Crippen molar-refractivity contribution in [2.24, 2.45) is 0 Å². The van der Waals surface area contributed by atoms with E-state index in [4.69, 9.17) is 14.6 Å². The molecule has 0 radical (unpaired) electrons. The van der Waals surface area contributed by atoms with E-state index in [9.17, 15) is 4.79 Å². The lowest BCUT2D eigenvalue weighted by molar-refractivity contribution is 0.0691. The van der Waals surface area contributed by atoms with E-state index in [1.807, 2.05) is 0 Å². The Morgan fingerprint density at radius 1 is 1.53 bits per heavy atom. The van der Waals surface area contributed by atoms with E-state index >= 15 is 0 Å². The molecule has 0 bridgehead atoms. The first-order valence-corrected chi connectivity index (χ1v) is 5.34. The molecule has 1 N–H and O–H groups in total. The van der Waals surface area contributed by atoms with Crippen molar-refractivity contribution in [1.82, 2.24) is 0 Å². The predicted molar refractivity (Wildman–Crippen MR) is 64.9 cm³/mol. The Kier molecular flexibility index (Phi) is 5.07. The van der Waals surface area contributed by atoms with Crippen molar-refractivity contribution in [3.63, 3.8) is 0 Å². The van der Waals surface area contributed by atoms with Crippen LogP contribution in [0.3, 0.4) is 0 Å². The number of methoxy groups -OCH3 is 1. The lowest BCUT2D eigenvalue weighted by Crippen LogP contribution is -2.06. The molecule has 17 heavy (non-hydrogen) atoms. The topological polar surface area (TPSA) is 55.8 Å². The third-order valence-electron chi connectivity index (χ3n) is 2.23. The van der Waals surface area contributed by atoms with E-state index in [0.717, 1.165) is 12.8 Å². The normalized spacial score (nSPS) is 9.71. The zero-order valence-corrected chi connectivity index (χ0v) is 9.81. The van der Waals surface area contributed by atoms with E-state index < -0.39 is 5.97 Å². The minimum Gasteiger partial charge on any atom is -0.493 e. The molecule has 0 aliphatic rings. The number of hydrogen-bond acceptors (Lipinski definition) is 3. The second-order valence-electron chi connectivity index (χ2n) is 3.42. The predicted octanol–water partition coefficient (Wildman–Crippen LogP) is 2.74. The number of rotatable bonds is 7. The summed E-state index contributed by atoms with van der Waals surface area (Å²) in [5.41, 5.74) is 0.114. The molecule has 4 heteroatoms. The van der Waals surface area contributed by atoms with Crippen molar-refractivity contribution < 1.29 is 19.4 Å². The van der Waals surface area contributed by atoms with Crippen LogP contribution in [0, 0.1) is 0 Å². The summed E-state index contributed by atoms with van der Waals surface area (Å²) in [7, 11) is 1.48. The number of aromatic carboxylic acids is 1. The maximum absolute atomic E-state index is 11.0. The van der Waals surface area contributed by atoms with Gasteiger partial charge in [0.1, 0.15) is 5.56 Å². The summed E-state index contributed by atoms with van der Waals surface area (Å²) < 4.78 is 10.6. The Balaban J connectivity index is 2.85. The van der Waals surface area contributed by atoms with Gasteiger partial charge < -0.3 is 14.6 Å². The molecule has 92 valence electrons. The summed E-state index contributed by atoms with van der Waals surface area (Å²) >= 11 is 0. The third-order valence-corrected chi connectivity index (χ3v) is 2.23. The molecular weight excluding hydrogens is 220 g/mol. The monoisotopic (exact) mass is 236 g/mol. The van der Waals surface area contributed by atoms with Gasteiger partial charge in [-0.2, -0.15) is 0 Å². The van der Waals surface area contributed by atoms with Gasteiger partial charge in [0.05, 0.1) is 13.7 Å². The molecule has 0 fully saturated rings. The molecule has 1 rings (SSSR count). The van der Waals surface area contributed by atoms with Gasteiger partial charge in [0.25, 0.3) is 0 Å². The number of carboxylic acids is 1. The van der Waals surface area contributed by atoms with Crippen LogP contribution in [-0.4, -0.2) is 24.8 Å². The van der Waals surface area contributed by atoms with Gasteiger partial charge in [0.15, 0.2) is 11.5 Å². The molecule has 0 aliphatic heterocycles. The zero-order chi connectivity index (χ0) is 12.7. The second-order valence-corrected chi connectivity index (χ2v) is 3.42. The highest BCUT2D eigenvalue weighted by atomic mass is 16.5. The van der Waals surface area contributed by atoms with Crippen LogP contribution < -0.4 is 9.47 Å². The second kappa shape index (κ2) is 6.58. The first-order chi connectivity index (χ1) is 8.20. The van der Waals surface area contributed by atoms with Crippen LogP contribution in [-0.2, 0) is 0 Å². The van der Waals surface area contributed by atoms with Crippen LogP contribution in [0.25, 0.3) is 0 Å². The molecule has 0 unspecified atom stereocenters. The number of ether oxygens (including phenoxy) is 2. The Bertz CT molecular complexity index is 398. The molecule has 4 nitrogen and oxygen atoms in total. The van der Waals surface area contributed by atoms with E-state index in [1.54, 1.807) is 18.2 Å². The molecular formula is C13H16O4. The summed E-state index contributed by atoms with van der Waals surface area (Å²) in [6.07, 6.45) is 3.42. The van der Waals surface area contributed by atoms with Crippen LogP contribution in [0.1, 0.15) is 23.2 Å². The fourth-order valence-electron chi connectivity index (χ4n) is 1.40. The lowest BCUT2D eigenvalue weighted by atomic mass is 10.2. The van der Waals surface area contributed by atoms with Gasteiger partial charge in [-0.25, -0.2) is 4.79 Å². The number of hydrogen-bond donors (Lipinski definition) is 1. The zero-order valence-electron chi connectivity index (χ0n) is 9.81. The quantitative estimate of drug-likeness (QED) is 0.584. The summed E-state index contributed by atoms with van der Waals surface area (Å²) in [6, 6.07) is 4.79. The number of allylic oxidation sites excluding steroid dienone is 1. The van der Waals surface area contributed by atoms with Crippen LogP contribution in [0.4, 0.5) is 0 Å². The molecule has 0 spiro atoms. The van der Waals surface area contributed by atoms with Crippen molar-refractivity contribution in [1.29, 1.82) is 0 Å². The van der Waals surface area contributed by atoms with Crippen molar-refractivity contribution >= 4 is 5.97 Å². The van der Waals surface area contributed by atoms with Crippen molar-refractivity contribution in [2.45, 2.75) is 12.8 Å². The summed E-state index contributed by atoms with van der Waals surface area (Å²) in [4.78, 5) is 11.0. The molecule has 0 atom stereocenters. The van der Waals surface area contributed by atoms with Gasteiger partial charge in [-0.1, -0.05) is 12.1 Å². The van der Waals surface area contributed by atoms with E-state index in [1.165, 1.54) is 13.2 Å². The van der Waals surface area contributed by atoms with E-state index in [-0.39, 0.29) is 11.3 Å². The van der Waals surface area contributed by atoms with E-state index in [0.29, 0.717) is 12.4 Å². The standard InChI is InChI=1S/C13H16O4/c1-3-4-5-9-17-12-10(13(14)15)7-6-8-11(12)16-2/h3,6-8H,1,4-5,9H2,2H3,(H,14,15). The van der Waals surface area contributed by atoms with Crippen molar-refractivity contribution in [3.05, 3.63) is 36.4 Å². The fraction of sp³-hybridized carbons (Fsp3) is 0.308. The average molecular weight is 236 g/mol. The highest BCUT2D eigenvalue weighted by Gasteiger charge is 2.15. The molecule has 0 saturated carbocycles. The lowest BCUT2D eigenvalue weighted by Gasteiger charge is -2.12. The number of benzene rings is 1. The van der Waals surface area contributed by atoms with Crippen LogP contribution in [0.5, 0.6) is 11.5 Å². The fourth-order valence-corrected chi connectivity index (χ4v) is 1.40. The Labute approximate surface area is 100 Å². The van der Waals surface area contributed by atoms with Gasteiger partial charge >= 0.3 is 5.97 Å². The SMILES string of the molecule is C=CCCCOc1c(OC)cccc1C(=O)O. The Morgan fingerprint density at radius 3 is 2.88 bits per heavy atom. The van der Waals surface area contributed by atoms with Gasteiger partial charge in [0.2, 0.25) is 0 Å². The number of carboxylic acid groups (broad SMARTS) is 1. The largest absolute Gasteiger partial charge is 0.493 e. The summed E-state index contributed by atoms with van der Waals surface area (Å²) in [6.45, 7) is 4.05. The molecule has 0 aromatic heterocycles. The first kappa shape index (κ1) is 13.1. The minimum absolute atomic E-state index is 0.114. The minimum atomic E-state index is -1.03. The van der Waals surface area contributed by atoms with Gasteiger partial charge in [-0.05, 0) is 25.0 Å². The average Bonchev–Trinajstić information content (AvgIpc) is 2.34. The molecule has 0 heterocycles.